The molecule has 0 radical (unpaired) electrons. The summed E-state index contributed by atoms with van der Waals surface area (Å²) in [6.07, 6.45) is 3.42. The van der Waals surface area contributed by atoms with Crippen LogP contribution in [0.4, 0.5) is 0 Å². The molecule has 0 bridgehead atoms. The number of amides is 1. The number of oxazole rings is 1. The number of carbonyl (C=O) groups is 1. The number of β-amino-alcohol motifs (C(OH)–C–C–N with tert-alkyl or cyclic N) is 1. The third kappa shape index (κ3) is 6.05. The predicted octanol–water partition coefficient (Wildman–Crippen LogP) is 0.329. The highest BCUT2D eigenvalue weighted by molar-refractivity contribution is 5.91. The van der Waals surface area contributed by atoms with Gasteiger partial charge in [-0.25, -0.2) is 4.98 Å². The summed E-state index contributed by atoms with van der Waals surface area (Å²) < 4.78 is 10.7. The zero-order chi connectivity index (χ0) is 18.4. The average Bonchev–Trinajstić information content (AvgIpc) is 3.36. The van der Waals surface area contributed by atoms with Gasteiger partial charge in [0.1, 0.15) is 6.26 Å². The molecule has 2 aliphatic rings. The van der Waals surface area contributed by atoms with Crippen LogP contribution in [-0.4, -0.2) is 84.4 Å². The van der Waals surface area contributed by atoms with E-state index in [1.807, 2.05) is 6.92 Å². The highest BCUT2D eigenvalue weighted by Gasteiger charge is 2.24. The summed E-state index contributed by atoms with van der Waals surface area (Å²) in [5, 5.41) is 12.8. The number of rotatable bonds is 10. The summed E-state index contributed by atoms with van der Waals surface area (Å²) in [6, 6.07) is 0. The van der Waals surface area contributed by atoms with Gasteiger partial charge in [0.15, 0.2) is 5.69 Å². The van der Waals surface area contributed by atoms with Gasteiger partial charge in [0.25, 0.3) is 5.91 Å². The van der Waals surface area contributed by atoms with Crippen LogP contribution < -0.4 is 5.32 Å². The van der Waals surface area contributed by atoms with Crippen LogP contribution >= 0.6 is 0 Å². The molecule has 1 atom stereocenters. The van der Waals surface area contributed by atoms with E-state index in [-0.39, 0.29) is 5.91 Å². The predicted molar refractivity (Wildman–Crippen MR) is 95.8 cm³/mol. The molecule has 1 amide bonds. The van der Waals surface area contributed by atoms with Crippen LogP contribution in [0.15, 0.2) is 10.7 Å². The van der Waals surface area contributed by atoms with Crippen molar-refractivity contribution in [1.29, 1.82) is 0 Å². The summed E-state index contributed by atoms with van der Waals surface area (Å²) in [6.45, 7) is 8.45. The van der Waals surface area contributed by atoms with E-state index < -0.39 is 6.10 Å². The minimum absolute atomic E-state index is 0.153. The van der Waals surface area contributed by atoms with Crippen molar-refractivity contribution in [1.82, 2.24) is 20.1 Å². The third-order valence-electron chi connectivity index (χ3n) is 4.84. The van der Waals surface area contributed by atoms with Crippen molar-refractivity contribution in [3.63, 3.8) is 0 Å². The molecule has 1 saturated heterocycles. The number of nitrogens with zero attached hydrogens (tertiary/aromatic N) is 3. The summed E-state index contributed by atoms with van der Waals surface area (Å²) in [5.41, 5.74) is 0.360. The van der Waals surface area contributed by atoms with Gasteiger partial charge in [-0.05, 0) is 25.7 Å². The lowest BCUT2D eigenvalue weighted by molar-refractivity contribution is 0.00949. The monoisotopic (exact) mass is 366 g/mol. The van der Waals surface area contributed by atoms with Crippen LogP contribution in [0.1, 0.15) is 36.1 Å². The topological polar surface area (TPSA) is 91.1 Å². The summed E-state index contributed by atoms with van der Waals surface area (Å²) >= 11 is 0. The van der Waals surface area contributed by atoms with E-state index in [2.05, 4.69) is 20.1 Å². The van der Waals surface area contributed by atoms with E-state index in [9.17, 15) is 9.90 Å². The number of nitrogens with one attached hydrogen (secondary N) is 1. The highest BCUT2D eigenvalue weighted by atomic mass is 16.5. The maximum Gasteiger partial charge on any atom is 0.273 e. The Bertz CT molecular complexity index is 567. The van der Waals surface area contributed by atoms with Crippen LogP contribution in [0.5, 0.6) is 0 Å². The van der Waals surface area contributed by atoms with Crippen LogP contribution in [0.2, 0.25) is 0 Å². The van der Waals surface area contributed by atoms with Crippen LogP contribution in [-0.2, 0) is 11.3 Å². The lowest BCUT2D eigenvalue weighted by Crippen LogP contribution is -2.48. The van der Waals surface area contributed by atoms with E-state index >= 15 is 0 Å². The van der Waals surface area contributed by atoms with Crippen LogP contribution in [0.3, 0.4) is 0 Å². The lowest BCUT2D eigenvalue weighted by Gasteiger charge is -2.34. The smallest absolute Gasteiger partial charge is 0.273 e. The molecule has 8 heteroatoms. The molecule has 1 aromatic heterocycles. The SMILES string of the molecule is CCOC[C@H](O)CN1CCN(Cc2nc(C(=O)NCC3CC3)co2)CC1. The average molecular weight is 366 g/mol. The Morgan fingerprint density at radius 1 is 1.38 bits per heavy atom. The normalized spacial score (nSPS) is 20.2. The second-order valence-corrected chi connectivity index (χ2v) is 7.17. The number of aromatic nitrogens is 1. The molecule has 2 heterocycles. The Balaban J connectivity index is 1.37. The number of hydrogen-bond donors (Lipinski definition) is 2. The summed E-state index contributed by atoms with van der Waals surface area (Å²) in [4.78, 5) is 20.8. The fraction of sp³-hybridized carbons (Fsp3) is 0.778. The second-order valence-electron chi connectivity index (χ2n) is 7.17. The first-order valence-electron chi connectivity index (χ1n) is 9.57. The van der Waals surface area contributed by atoms with Crippen molar-refractivity contribution in [3.05, 3.63) is 17.8 Å². The standard InChI is InChI=1S/C18H30N4O4/c1-2-25-12-15(23)10-21-5-7-22(8-6-21)11-17-20-16(13-26-17)18(24)19-9-14-3-4-14/h13-15,23H,2-12H2,1H3,(H,19,24)/t15-/m1/s1. The quantitative estimate of drug-likeness (QED) is 0.617. The van der Waals surface area contributed by atoms with E-state index in [4.69, 9.17) is 9.15 Å². The number of hydrogen-bond acceptors (Lipinski definition) is 7. The van der Waals surface area contributed by atoms with Gasteiger partial charge in [0.05, 0.1) is 19.3 Å². The van der Waals surface area contributed by atoms with Crippen molar-refractivity contribution < 1.29 is 19.1 Å². The van der Waals surface area contributed by atoms with Gasteiger partial charge in [0.2, 0.25) is 5.89 Å². The van der Waals surface area contributed by atoms with Gasteiger partial charge >= 0.3 is 0 Å². The van der Waals surface area contributed by atoms with Crippen molar-refractivity contribution in [3.8, 4) is 0 Å². The van der Waals surface area contributed by atoms with E-state index in [0.29, 0.717) is 43.8 Å². The van der Waals surface area contributed by atoms with Crippen molar-refractivity contribution in [2.45, 2.75) is 32.4 Å². The van der Waals surface area contributed by atoms with Gasteiger partial charge in [-0.15, -0.1) is 0 Å². The largest absolute Gasteiger partial charge is 0.447 e. The molecule has 3 rings (SSSR count). The molecule has 1 aliphatic heterocycles. The Hall–Kier alpha value is -1.48. The van der Waals surface area contributed by atoms with Gasteiger partial charge in [-0.1, -0.05) is 0 Å². The lowest BCUT2D eigenvalue weighted by atomic mass is 10.2. The molecular weight excluding hydrogens is 336 g/mol. The van der Waals surface area contributed by atoms with Gasteiger partial charge in [-0.3, -0.25) is 14.6 Å². The van der Waals surface area contributed by atoms with E-state index in [0.717, 1.165) is 32.7 Å². The zero-order valence-electron chi connectivity index (χ0n) is 15.5. The van der Waals surface area contributed by atoms with Gasteiger partial charge < -0.3 is 19.6 Å². The van der Waals surface area contributed by atoms with Gasteiger partial charge in [0, 0.05) is 45.9 Å². The van der Waals surface area contributed by atoms with Gasteiger partial charge in [-0.2, -0.15) is 0 Å². The Kier molecular flexibility index (Phi) is 7.01. The van der Waals surface area contributed by atoms with Crippen LogP contribution in [0, 0.1) is 5.92 Å². The third-order valence-corrected chi connectivity index (χ3v) is 4.84. The summed E-state index contributed by atoms with van der Waals surface area (Å²) in [7, 11) is 0. The zero-order valence-corrected chi connectivity index (χ0v) is 15.5. The molecule has 0 spiro atoms. The number of piperazine rings is 1. The molecule has 2 N–H and O–H groups in total. The fourth-order valence-corrected chi connectivity index (χ4v) is 3.06. The molecule has 8 nitrogen and oxygen atoms in total. The van der Waals surface area contributed by atoms with Crippen molar-refractivity contribution in [2.75, 3.05) is 52.5 Å². The second kappa shape index (κ2) is 9.45. The fourth-order valence-electron chi connectivity index (χ4n) is 3.06. The first-order valence-corrected chi connectivity index (χ1v) is 9.57. The first-order chi connectivity index (χ1) is 12.6. The highest BCUT2D eigenvalue weighted by Crippen LogP contribution is 2.27. The number of aliphatic hydroxyl groups is 1. The Morgan fingerprint density at radius 2 is 2.12 bits per heavy atom. The number of carbonyl (C=O) groups excluding carboxylic acids is 1. The van der Waals surface area contributed by atoms with Crippen LogP contribution in [0.25, 0.3) is 0 Å². The maximum absolute atomic E-state index is 12.0. The summed E-state index contributed by atoms with van der Waals surface area (Å²) in [5.74, 6) is 1.07. The molecule has 0 unspecified atom stereocenters. The minimum atomic E-state index is -0.440. The Morgan fingerprint density at radius 3 is 2.81 bits per heavy atom. The number of ether oxygens (including phenoxy) is 1. The molecular formula is C18H30N4O4. The van der Waals surface area contributed by atoms with Crippen molar-refractivity contribution >= 4 is 5.91 Å². The van der Waals surface area contributed by atoms with Crippen molar-refractivity contribution in [2.24, 2.45) is 5.92 Å². The maximum atomic E-state index is 12.0. The van der Waals surface area contributed by atoms with E-state index in [1.165, 1.54) is 19.1 Å². The molecule has 26 heavy (non-hydrogen) atoms. The molecule has 1 saturated carbocycles. The first kappa shape index (κ1) is 19.3. The van der Waals surface area contributed by atoms with E-state index in [1.54, 1.807) is 0 Å². The number of aliphatic hydroxyl groups excluding tert-OH is 1. The molecule has 2 fully saturated rings. The minimum Gasteiger partial charge on any atom is -0.447 e. The molecule has 0 aromatic carbocycles. The molecule has 146 valence electrons. The molecule has 1 aliphatic carbocycles. The molecule has 1 aromatic rings. The Labute approximate surface area is 154 Å².